The van der Waals surface area contributed by atoms with E-state index in [0.29, 0.717) is 15.7 Å². The summed E-state index contributed by atoms with van der Waals surface area (Å²) in [5, 5.41) is 5.10. The highest BCUT2D eigenvalue weighted by Crippen LogP contribution is 2.27. The Morgan fingerprint density at radius 1 is 1.15 bits per heavy atom. The number of methoxy groups -OCH3 is 1. The van der Waals surface area contributed by atoms with E-state index in [9.17, 15) is 4.79 Å². The van der Waals surface area contributed by atoms with Gasteiger partial charge < -0.3 is 4.74 Å². The largest absolute Gasteiger partial charge is 0.497 e. The molecule has 0 spiro atoms. The molecule has 3 heterocycles. The van der Waals surface area contributed by atoms with Gasteiger partial charge in [-0.3, -0.25) is 9.78 Å². The van der Waals surface area contributed by atoms with Crippen molar-refractivity contribution in [1.29, 1.82) is 0 Å². The molecule has 0 saturated carbocycles. The Balaban J connectivity index is 1.73. The Morgan fingerprint density at radius 3 is 2.88 bits per heavy atom. The Hall–Kier alpha value is -3.32. The predicted molar refractivity (Wildman–Crippen MR) is 102 cm³/mol. The Kier molecular flexibility index (Phi) is 4.28. The zero-order valence-corrected chi connectivity index (χ0v) is 14.7. The molecule has 4 aromatic rings. The molecule has 0 aliphatic rings. The molecule has 1 aromatic carbocycles. The number of pyridine rings is 1. The van der Waals surface area contributed by atoms with Crippen LogP contribution in [0.1, 0.15) is 11.3 Å². The fraction of sp³-hybridized carbons (Fsp3) is 0.0526. The van der Waals surface area contributed by atoms with Gasteiger partial charge in [0.1, 0.15) is 10.8 Å². The van der Waals surface area contributed by atoms with Gasteiger partial charge in [-0.15, -0.1) is 0 Å². The van der Waals surface area contributed by atoms with Crippen LogP contribution >= 0.6 is 11.3 Å². The normalized spacial score (nSPS) is 11.3. The molecule has 0 bridgehead atoms. The maximum atomic E-state index is 12.4. The van der Waals surface area contributed by atoms with Crippen LogP contribution in [-0.4, -0.2) is 26.7 Å². The minimum atomic E-state index is -0.216. The lowest BCUT2D eigenvalue weighted by molar-refractivity contribution is 0.415. The van der Waals surface area contributed by atoms with Crippen LogP contribution in [0.15, 0.2) is 59.7 Å². The fourth-order valence-electron chi connectivity index (χ4n) is 2.44. The van der Waals surface area contributed by atoms with Crippen molar-refractivity contribution in [3.05, 3.63) is 76.5 Å². The molecule has 0 aliphatic heterocycles. The summed E-state index contributed by atoms with van der Waals surface area (Å²) in [5.74, 6) is 0.738. The number of hydrogen-bond acceptors (Lipinski definition) is 6. The second-order valence-electron chi connectivity index (χ2n) is 5.47. The summed E-state index contributed by atoms with van der Waals surface area (Å²) in [6.07, 6.45) is 7.12. The van der Waals surface area contributed by atoms with E-state index in [0.717, 1.165) is 16.9 Å². The van der Waals surface area contributed by atoms with Crippen molar-refractivity contribution in [2.45, 2.75) is 0 Å². The zero-order valence-electron chi connectivity index (χ0n) is 13.9. The van der Waals surface area contributed by atoms with Gasteiger partial charge in [0.2, 0.25) is 4.96 Å². The molecule has 128 valence electrons. The van der Waals surface area contributed by atoms with Crippen LogP contribution in [0.3, 0.4) is 0 Å². The molecule has 3 aromatic heterocycles. The number of ether oxygens (including phenoxy) is 1. The molecule has 0 N–H and O–H groups in total. The lowest BCUT2D eigenvalue weighted by Gasteiger charge is -2.00. The lowest BCUT2D eigenvalue weighted by atomic mass is 10.2. The SMILES string of the molecule is COc1cccc(-c2nn3c(=O)cc(/C=C/c4cccnc4)nc3s2)c1. The first-order valence-corrected chi connectivity index (χ1v) is 8.68. The molecule has 0 radical (unpaired) electrons. The van der Waals surface area contributed by atoms with Gasteiger partial charge in [0, 0.05) is 24.0 Å². The van der Waals surface area contributed by atoms with Crippen molar-refractivity contribution in [3.63, 3.8) is 0 Å². The van der Waals surface area contributed by atoms with Gasteiger partial charge in [-0.25, -0.2) is 4.98 Å². The highest BCUT2D eigenvalue weighted by atomic mass is 32.1. The van der Waals surface area contributed by atoms with Gasteiger partial charge in [-0.1, -0.05) is 35.6 Å². The molecule has 0 saturated heterocycles. The molecule has 6 nitrogen and oxygen atoms in total. The summed E-state index contributed by atoms with van der Waals surface area (Å²) in [7, 11) is 1.62. The lowest BCUT2D eigenvalue weighted by Crippen LogP contribution is -2.14. The minimum absolute atomic E-state index is 0.216. The average molecular weight is 362 g/mol. The summed E-state index contributed by atoms with van der Waals surface area (Å²) in [6, 6.07) is 12.8. The second-order valence-corrected chi connectivity index (χ2v) is 6.43. The summed E-state index contributed by atoms with van der Waals surface area (Å²) in [4.78, 5) is 21.5. The van der Waals surface area contributed by atoms with E-state index >= 15 is 0 Å². The van der Waals surface area contributed by atoms with E-state index in [1.54, 1.807) is 25.6 Å². The molecular weight excluding hydrogens is 348 g/mol. The number of nitrogens with zero attached hydrogens (tertiary/aromatic N) is 4. The molecule has 4 rings (SSSR count). The monoisotopic (exact) mass is 362 g/mol. The van der Waals surface area contributed by atoms with Crippen LogP contribution in [-0.2, 0) is 0 Å². The molecule has 0 fully saturated rings. The summed E-state index contributed by atoms with van der Waals surface area (Å²) >= 11 is 1.36. The van der Waals surface area contributed by atoms with Gasteiger partial charge in [0.15, 0.2) is 0 Å². The Labute approximate surface area is 153 Å². The van der Waals surface area contributed by atoms with Crippen molar-refractivity contribution in [1.82, 2.24) is 19.6 Å². The highest BCUT2D eigenvalue weighted by molar-refractivity contribution is 7.19. The Bertz CT molecular complexity index is 1150. The van der Waals surface area contributed by atoms with Crippen LogP contribution in [0, 0.1) is 0 Å². The molecule has 0 unspecified atom stereocenters. The van der Waals surface area contributed by atoms with E-state index in [2.05, 4.69) is 15.1 Å². The van der Waals surface area contributed by atoms with Gasteiger partial charge in [0.25, 0.3) is 5.56 Å². The highest BCUT2D eigenvalue weighted by Gasteiger charge is 2.10. The topological polar surface area (TPSA) is 69.4 Å². The van der Waals surface area contributed by atoms with E-state index in [1.165, 1.54) is 21.9 Å². The third-order valence-electron chi connectivity index (χ3n) is 3.71. The van der Waals surface area contributed by atoms with Crippen molar-refractivity contribution in [2.24, 2.45) is 0 Å². The van der Waals surface area contributed by atoms with E-state index in [4.69, 9.17) is 4.74 Å². The molecule has 0 aliphatic carbocycles. The number of aromatic nitrogens is 4. The first-order chi connectivity index (χ1) is 12.7. The van der Waals surface area contributed by atoms with E-state index in [1.807, 2.05) is 42.5 Å². The first kappa shape index (κ1) is 16.2. The second kappa shape index (κ2) is 6.89. The van der Waals surface area contributed by atoms with Crippen molar-refractivity contribution >= 4 is 28.4 Å². The fourth-order valence-corrected chi connectivity index (χ4v) is 3.35. The molecule has 0 atom stereocenters. The number of hydrogen-bond donors (Lipinski definition) is 0. The summed E-state index contributed by atoms with van der Waals surface area (Å²) in [6.45, 7) is 0. The smallest absolute Gasteiger partial charge is 0.275 e. The molecule has 0 amide bonds. The van der Waals surface area contributed by atoms with E-state index in [-0.39, 0.29) is 5.56 Å². The predicted octanol–water partition coefficient (Wildman–Crippen LogP) is 3.39. The maximum absolute atomic E-state index is 12.4. The zero-order chi connectivity index (χ0) is 17.9. The van der Waals surface area contributed by atoms with Crippen LogP contribution in [0.25, 0.3) is 27.7 Å². The quantitative estimate of drug-likeness (QED) is 0.557. The van der Waals surface area contributed by atoms with Gasteiger partial charge in [0.05, 0.1) is 12.8 Å². The van der Waals surface area contributed by atoms with Crippen LogP contribution in [0.5, 0.6) is 5.75 Å². The summed E-state index contributed by atoms with van der Waals surface area (Å²) in [5.41, 5.74) is 2.19. The maximum Gasteiger partial charge on any atom is 0.275 e. The third kappa shape index (κ3) is 3.25. The van der Waals surface area contributed by atoms with Gasteiger partial charge >= 0.3 is 0 Å². The number of fused-ring (bicyclic) bond motifs is 1. The summed E-state index contributed by atoms with van der Waals surface area (Å²) < 4.78 is 6.57. The number of benzene rings is 1. The Morgan fingerprint density at radius 2 is 2.08 bits per heavy atom. The van der Waals surface area contributed by atoms with Crippen molar-refractivity contribution in [2.75, 3.05) is 7.11 Å². The molecule has 26 heavy (non-hydrogen) atoms. The average Bonchev–Trinajstić information content (AvgIpc) is 3.12. The van der Waals surface area contributed by atoms with Crippen LogP contribution < -0.4 is 10.3 Å². The van der Waals surface area contributed by atoms with Crippen LogP contribution in [0.2, 0.25) is 0 Å². The standard InChI is InChI=1S/C19H14N4O2S/c1-25-16-6-2-5-14(10-16)18-22-23-17(24)11-15(21-19(23)26-18)8-7-13-4-3-9-20-12-13/h2-12H,1H3/b8-7+. The van der Waals surface area contributed by atoms with Crippen molar-refractivity contribution < 1.29 is 4.74 Å². The number of rotatable bonds is 4. The molecule has 7 heteroatoms. The van der Waals surface area contributed by atoms with Gasteiger partial charge in [-0.05, 0) is 29.8 Å². The first-order valence-electron chi connectivity index (χ1n) is 7.86. The van der Waals surface area contributed by atoms with Crippen molar-refractivity contribution in [3.8, 4) is 16.3 Å². The van der Waals surface area contributed by atoms with E-state index < -0.39 is 0 Å². The van der Waals surface area contributed by atoms with Crippen LogP contribution in [0.4, 0.5) is 0 Å². The third-order valence-corrected chi connectivity index (χ3v) is 4.67. The minimum Gasteiger partial charge on any atom is -0.497 e. The van der Waals surface area contributed by atoms with Gasteiger partial charge in [-0.2, -0.15) is 9.61 Å². The molecular formula is C19H14N4O2S.